The Bertz CT molecular complexity index is 462. The molecule has 0 aromatic heterocycles. The smallest absolute Gasteiger partial charge is 0.226 e. The molecule has 0 unspecified atom stereocenters. The van der Waals surface area contributed by atoms with Crippen molar-refractivity contribution < 1.29 is 14.7 Å². The maximum absolute atomic E-state index is 11.5. The summed E-state index contributed by atoms with van der Waals surface area (Å²) in [6.45, 7) is 2.26. The lowest BCUT2D eigenvalue weighted by atomic mass is 10.1. The largest absolute Gasteiger partial charge is 0.511 e. The molecule has 0 spiro atoms. The van der Waals surface area contributed by atoms with E-state index < -0.39 is 0 Å². The van der Waals surface area contributed by atoms with Crippen molar-refractivity contribution in [3.05, 3.63) is 23.5 Å². The van der Waals surface area contributed by atoms with Crippen LogP contribution in [0.2, 0.25) is 0 Å². The first kappa shape index (κ1) is 23.0. The average molecular weight is 381 g/mol. The Morgan fingerprint density at radius 1 is 0.885 bits per heavy atom. The quantitative estimate of drug-likeness (QED) is 0.113. The fourth-order valence-corrected chi connectivity index (χ4v) is 3.94. The van der Waals surface area contributed by atoms with Crippen molar-refractivity contribution in [1.29, 1.82) is 0 Å². The van der Waals surface area contributed by atoms with Crippen LogP contribution < -0.4 is 0 Å². The van der Waals surface area contributed by atoms with Crippen LogP contribution in [-0.4, -0.2) is 21.8 Å². The number of hydrogen-bond acceptors (Lipinski definition) is 4. The zero-order valence-corrected chi connectivity index (χ0v) is 17.2. The van der Waals surface area contributed by atoms with Crippen LogP contribution in [-0.2, 0) is 9.59 Å². The molecule has 1 N–H and O–H groups in total. The lowest BCUT2D eigenvalue weighted by Gasteiger charge is -2.02. The first-order valence-corrected chi connectivity index (χ1v) is 11.4. The van der Waals surface area contributed by atoms with Crippen LogP contribution in [0.1, 0.15) is 96.8 Å². The number of Topliss-reactive ketones (excluding diaryl/α,β-unsaturated/α-hetero) is 1. The fraction of sp³-hybridized carbons (Fsp3) is 0.727. The number of carbonyl (C=O) groups is 2. The van der Waals surface area contributed by atoms with Crippen molar-refractivity contribution in [2.24, 2.45) is 0 Å². The number of thioether (sulfide) groups is 1. The van der Waals surface area contributed by atoms with E-state index in [-0.39, 0.29) is 28.0 Å². The molecule has 1 aliphatic rings. The molecule has 0 aliphatic carbocycles. The monoisotopic (exact) mass is 380 g/mol. The first-order valence-electron chi connectivity index (χ1n) is 10.4. The summed E-state index contributed by atoms with van der Waals surface area (Å²) in [4.78, 5) is 23.0. The van der Waals surface area contributed by atoms with Crippen molar-refractivity contribution >= 4 is 22.7 Å². The van der Waals surface area contributed by atoms with E-state index in [1.54, 1.807) is 0 Å². The predicted octanol–water partition coefficient (Wildman–Crippen LogP) is 6.68. The summed E-state index contributed by atoms with van der Waals surface area (Å²) >= 11 is 0.988. The summed E-state index contributed by atoms with van der Waals surface area (Å²) in [5, 5.41) is 9.63. The molecular weight excluding hydrogens is 344 g/mol. The molecule has 0 radical (unpaired) electrons. The van der Waals surface area contributed by atoms with Crippen LogP contribution in [0.15, 0.2) is 23.5 Å². The van der Waals surface area contributed by atoms with Gasteiger partial charge in [-0.2, -0.15) is 0 Å². The average Bonchev–Trinajstić information content (AvgIpc) is 2.96. The molecule has 4 heteroatoms. The maximum atomic E-state index is 11.5. The second kappa shape index (κ2) is 15.1. The fourth-order valence-electron chi connectivity index (χ4n) is 3.16. The SMILES string of the molecule is CCCCCCCCCCC/C=C\CCCCC(O)=C1C(=O)CSC1=O. The summed E-state index contributed by atoms with van der Waals surface area (Å²) in [6, 6.07) is 0. The third-order valence-corrected chi connectivity index (χ3v) is 5.65. The van der Waals surface area contributed by atoms with Crippen molar-refractivity contribution in [3.63, 3.8) is 0 Å². The molecule has 0 amide bonds. The Hall–Kier alpha value is -1.03. The highest BCUT2D eigenvalue weighted by Crippen LogP contribution is 2.25. The zero-order valence-electron chi connectivity index (χ0n) is 16.4. The van der Waals surface area contributed by atoms with Gasteiger partial charge in [0, 0.05) is 6.42 Å². The van der Waals surface area contributed by atoms with E-state index in [2.05, 4.69) is 19.1 Å². The number of carbonyl (C=O) groups excluding carboxylic acids is 2. The van der Waals surface area contributed by atoms with E-state index in [0.717, 1.165) is 37.4 Å². The molecule has 1 fully saturated rings. The molecule has 0 aromatic carbocycles. The number of unbranched alkanes of at least 4 members (excludes halogenated alkanes) is 11. The molecular formula is C22H36O3S. The van der Waals surface area contributed by atoms with Gasteiger partial charge in [-0.05, 0) is 32.1 Å². The van der Waals surface area contributed by atoms with E-state index in [4.69, 9.17) is 0 Å². The summed E-state index contributed by atoms with van der Waals surface area (Å²) in [7, 11) is 0. The molecule has 3 nitrogen and oxygen atoms in total. The van der Waals surface area contributed by atoms with Crippen molar-refractivity contribution in [1.82, 2.24) is 0 Å². The summed E-state index contributed by atoms with van der Waals surface area (Å²) < 4.78 is 0. The molecule has 1 heterocycles. The molecule has 0 atom stereocenters. The highest BCUT2D eigenvalue weighted by Gasteiger charge is 2.30. The number of hydrogen-bond donors (Lipinski definition) is 1. The summed E-state index contributed by atoms with van der Waals surface area (Å²) in [6.07, 6.45) is 21.1. The highest BCUT2D eigenvalue weighted by molar-refractivity contribution is 8.15. The van der Waals surface area contributed by atoms with Crippen LogP contribution in [0.3, 0.4) is 0 Å². The normalized spacial score (nSPS) is 16.8. The lowest BCUT2D eigenvalue weighted by Crippen LogP contribution is -2.05. The first-order chi connectivity index (χ1) is 12.7. The Morgan fingerprint density at radius 2 is 1.42 bits per heavy atom. The van der Waals surface area contributed by atoms with Gasteiger partial charge in [0.1, 0.15) is 11.3 Å². The lowest BCUT2D eigenvalue weighted by molar-refractivity contribution is -0.115. The molecule has 1 saturated heterocycles. The van der Waals surface area contributed by atoms with Crippen LogP contribution >= 0.6 is 11.8 Å². The van der Waals surface area contributed by atoms with E-state index in [1.807, 2.05) is 0 Å². The number of aliphatic hydroxyl groups is 1. The Morgan fingerprint density at radius 3 is 1.96 bits per heavy atom. The molecule has 26 heavy (non-hydrogen) atoms. The number of aliphatic hydroxyl groups excluding tert-OH is 1. The van der Waals surface area contributed by atoms with E-state index in [9.17, 15) is 14.7 Å². The van der Waals surface area contributed by atoms with Gasteiger partial charge < -0.3 is 5.11 Å². The Kier molecular flexibility index (Phi) is 13.3. The molecule has 0 bridgehead atoms. The number of rotatable bonds is 15. The molecule has 1 aliphatic heterocycles. The minimum Gasteiger partial charge on any atom is -0.511 e. The van der Waals surface area contributed by atoms with E-state index in [1.165, 1.54) is 57.8 Å². The zero-order chi connectivity index (χ0) is 19.0. The van der Waals surface area contributed by atoms with Crippen molar-refractivity contribution in [2.45, 2.75) is 96.8 Å². The minimum absolute atomic E-state index is 0.0105. The van der Waals surface area contributed by atoms with Gasteiger partial charge >= 0.3 is 0 Å². The van der Waals surface area contributed by atoms with Crippen LogP contribution in [0.4, 0.5) is 0 Å². The number of allylic oxidation sites excluding steroid dienone is 3. The van der Waals surface area contributed by atoms with E-state index in [0.29, 0.717) is 6.42 Å². The van der Waals surface area contributed by atoms with Crippen LogP contribution in [0, 0.1) is 0 Å². The number of ketones is 1. The molecule has 148 valence electrons. The van der Waals surface area contributed by atoms with Crippen LogP contribution in [0.25, 0.3) is 0 Å². The second-order valence-corrected chi connectivity index (χ2v) is 8.10. The van der Waals surface area contributed by atoms with Gasteiger partial charge in [0.25, 0.3) is 0 Å². The van der Waals surface area contributed by atoms with Gasteiger partial charge in [0.2, 0.25) is 5.12 Å². The molecule has 0 aromatic rings. The molecule has 1 rings (SSSR count). The Balaban J connectivity index is 1.93. The standard InChI is InChI=1S/C22H36O3S/c1-2-3-4-5-6-7-8-9-10-11-12-13-14-15-16-17-19(23)21-20(24)18-26-22(21)25/h12-13,23H,2-11,14-18H2,1H3/b13-12-,21-19?. The van der Waals surface area contributed by atoms with Gasteiger partial charge in [-0.25, -0.2) is 0 Å². The van der Waals surface area contributed by atoms with Crippen LogP contribution in [0.5, 0.6) is 0 Å². The summed E-state index contributed by atoms with van der Waals surface area (Å²) in [5.74, 6) is -0.0539. The van der Waals surface area contributed by atoms with Gasteiger partial charge in [0.15, 0.2) is 5.78 Å². The van der Waals surface area contributed by atoms with E-state index >= 15 is 0 Å². The highest BCUT2D eigenvalue weighted by atomic mass is 32.2. The summed E-state index contributed by atoms with van der Waals surface area (Å²) in [5.41, 5.74) is 0.0379. The van der Waals surface area contributed by atoms with Gasteiger partial charge in [-0.3, -0.25) is 9.59 Å². The van der Waals surface area contributed by atoms with Crippen molar-refractivity contribution in [3.8, 4) is 0 Å². The van der Waals surface area contributed by atoms with Gasteiger partial charge in [-0.1, -0.05) is 82.2 Å². The topological polar surface area (TPSA) is 54.4 Å². The van der Waals surface area contributed by atoms with Gasteiger partial charge in [0.05, 0.1) is 5.75 Å². The van der Waals surface area contributed by atoms with Gasteiger partial charge in [-0.15, -0.1) is 0 Å². The Labute approximate surface area is 163 Å². The minimum atomic E-state index is -0.270. The van der Waals surface area contributed by atoms with Crippen molar-refractivity contribution in [2.75, 3.05) is 5.75 Å². The third kappa shape index (κ3) is 10.2. The second-order valence-electron chi connectivity index (χ2n) is 7.16. The maximum Gasteiger partial charge on any atom is 0.226 e. The predicted molar refractivity (Wildman–Crippen MR) is 112 cm³/mol. The molecule has 0 saturated carbocycles. The third-order valence-electron chi connectivity index (χ3n) is 4.78.